The van der Waals surface area contributed by atoms with Crippen LogP contribution in [0.1, 0.15) is 181 Å². The molecule has 0 radical (unpaired) electrons. The first-order chi connectivity index (χ1) is 25.5. The lowest BCUT2D eigenvalue weighted by atomic mass is 10.1. The number of hydrogen-bond acceptors (Lipinski definition) is 5. The molecule has 52 heavy (non-hydrogen) atoms. The van der Waals surface area contributed by atoms with Crippen molar-refractivity contribution < 1.29 is 9.59 Å². The third kappa shape index (κ3) is 33.6. The molecule has 0 saturated carbocycles. The quantitative estimate of drug-likeness (QED) is 0.0374. The summed E-state index contributed by atoms with van der Waals surface area (Å²) in [6.07, 6.45) is 48.7. The van der Waals surface area contributed by atoms with Crippen LogP contribution in [0.15, 0.2) is 48.6 Å². The second kappa shape index (κ2) is 40.0. The van der Waals surface area contributed by atoms with Gasteiger partial charge in [0.1, 0.15) is 6.04 Å². The summed E-state index contributed by atoms with van der Waals surface area (Å²) in [7, 11) is 1.88. The van der Waals surface area contributed by atoms with E-state index in [0.29, 0.717) is 6.42 Å². The molecule has 7 nitrogen and oxygen atoms in total. The van der Waals surface area contributed by atoms with Crippen molar-refractivity contribution in [3.63, 3.8) is 0 Å². The molecule has 0 saturated heterocycles. The first-order valence-electron chi connectivity index (χ1n) is 21.8. The molecule has 7 heteroatoms. The highest BCUT2D eigenvalue weighted by atomic mass is 16.2. The number of rotatable bonds is 38. The standard InChI is InChI=1S/C45H85N5O2/c1-4-6-8-10-12-14-16-18-20-22-24-26-28-30-32-34-39-50(45(52)43(47)41-49-44(51)42(46)37-36-38-48-3)40-35-33-31-29-27-25-23-21-19-17-15-13-11-9-7-5-2/h12-15,18-21,42-43,48H,4-11,16-17,22-41,46-47H2,1-3H3,(H,49,51)/b14-12-,15-13-,20-18-,21-19-/t42-,43-/m0/s1. The summed E-state index contributed by atoms with van der Waals surface area (Å²) in [5.41, 5.74) is 12.4. The van der Waals surface area contributed by atoms with E-state index in [1.807, 2.05) is 11.9 Å². The molecule has 0 rings (SSSR count). The average molecular weight is 728 g/mol. The smallest absolute Gasteiger partial charge is 0.241 e. The third-order valence-corrected chi connectivity index (χ3v) is 9.66. The lowest BCUT2D eigenvalue weighted by Crippen LogP contribution is -2.52. The Morgan fingerprint density at radius 2 is 0.942 bits per heavy atom. The minimum Gasteiger partial charge on any atom is -0.353 e. The molecule has 0 fully saturated rings. The molecule has 0 aliphatic heterocycles. The minimum atomic E-state index is -0.748. The summed E-state index contributed by atoms with van der Waals surface area (Å²) < 4.78 is 0. The Hall–Kier alpha value is -2.22. The Morgan fingerprint density at radius 3 is 1.37 bits per heavy atom. The molecular weight excluding hydrogens is 643 g/mol. The molecule has 302 valence electrons. The molecule has 0 heterocycles. The second-order valence-corrected chi connectivity index (χ2v) is 14.7. The Morgan fingerprint density at radius 1 is 0.538 bits per heavy atom. The van der Waals surface area contributed by atoms with Crippen molar-refractivity contribution in [2.24, 2.45) is 11.5 Å². The fourth-order valence-electron chi connectivity index (χ4n) is 6.21. The minimum absolute atomic E-state index is 0.0609. The molecule has 0 aromatic rings. The lowest BCUT2D eigenvalue weighted by molar-refractivity contribution is -0.133. The molecule has 0 aromatic heterocycles. The van der Waals surface area contributed by atoms with Crippen LogP contribution < -0.4 is 22.1 Å². The fraction of sp³-hybridized carbons (Fsp3) is 0.778. The maximum atomic E-state index is 13.4. The highest BCUT2D eigenvalue weighted by molar-refractivity contribution is 5.84. The van der Waals surface area contributed by atoms with Gasteiger partial charge < -0.3 is 27.0 Å². The maximum absolute atomic E-state index is 13.4. The van der Waals surface area contributed by atoms with E-state index in [-0.39, 0.29) is 18.4 Å². The van der Waals surface area contributed by atoms with Gasteiger partial charge in [-0.1, -0.05) is 140 Å². The summed E-state index contributed by atoms with van der Waals surface area (Å²) in [5.74, 6) is -0.296. The lowest BCUT2D eigenvalue weighted by Gasteiger charge is -2.26. The summed E-state index contributed by atoms with van der Waals surface area (Å²) in [5, 5.41) is 5.89. The molecule has 0 unspecified atom stereocenters. The third-order valence-electron chi connectivity index (χ3n) is 9.66. The first kappa shape index (κ1) is 49.8. The number of amides is 2. The van der Waals surface area contributed by atoms with Gasteiger partial charge in [0.15, 0.2) is 0 Å². The van der Waals surface area contributed by atoms with Gasteiger partial charge in [-0.05, 0) is 103 Å². The van der Waals surface area contributed by atoms with E-state index in [0.717, 1.165) is 77.4 Å². The highest BCUT2D eigenvalue weighted by Crippen LogP contribution is 2.12. The number of nitrogens with two attached hydrogens (primary N) is 2. The van der Waals surface area contributed by atoms with E-state index < -0.39 is 12.1 Å². The van der Waals surface area contributed by atoms with Crippen molar-refractivity contribution in [1.82, 2.24) is 15.5 Å². The van der Waals surface area contributed by atoms with Crippen molar-refractivity contribution in [2.45, 2.75) is 193 Å². The normalized spacial score (nSPS) is 13.2. The molecule has 2 amide bonds. The molecule has 2 atom stereocenters. The van der Waals surface area contributed by atoms with Gasteiger partial charge in [-0.15, -0.1) is 0 Å². The van der Waals surface area contributed by atoms with Crippen LogP contribution in [0.5, 0.6) is 0 Å². The van der Waals surface area contributed by atoms with Crippen LogP contribution in [-0.4, -0.2) is 62.0 Å². The molecule has 6 N–H and O–H groups in total. The monoisotopic (exact) mass is 728 g/mol. The van der Waals surface area contributed by atoms with Gasteiger partial charge in [-0.3, -0.25) is 9.59 Å². The number of nitrogens with zero attached hydrogens (tertiary/aromatic N) is 1. The van der Waals surface area contributed by atoms with Crippen LogP contribution in [0.4, 0.5) is 0 Å². The van der Waals surface area contributed by atoms with Crippen molar-refractivity contribution in [1.29, 1.82) is 0 Å². The zero-order valence-electron chi connectivity index (χ0n) is 34.4. The van der Waals surface area contributed by atoms with E-state index in [9.17, 15) is 9.59 Å². The van der Waals surface area contributed by atoms with Crippen molar-refractivity contribution >= 4 is 11.8 Å². The average Bonchev–Trinajstić information content (AvgIpc) is 3.15. The fourth-order valence-corrected chi connectivity index (χ4v) is 6.21. The van der Waals surface area contributed by atoms with Crippen LogP contribution in [0.25, 0.3) is 0 Å². The van der Waals surface area contributed by atoms with E-state index in [2.05, 4.69) is 73.1 Å². The molecule has 0 spiro atoms. The Kier molecular flexibility index (Phi) is 38.3. The maximum Gasteiger partial charge on any atom is 0.241 e. The topological polar surface area (TPSA) is 113 Å². The van der Waals surface area contributed by atoms with Gasteiger partial charge in [-0.2, -0.15) is 0 Å². The van der Waals surface area contributed by atoms with Crippen LogP contribution in [0.2, 0.25) is 0 Å². The van der Waals surface area contributed by atoms with Gasteiger partial charge in [0.05, 0.1) is 6.04 Å². The number of nitrogens with one attached hydrogen (secondary N) is 2. The van der Waals surface area contributed by atoms with Crippen LogP contribution in [0.3, 0.4) is 0 Å². The van der Waals surface area contributed by atoms with Gasteiger partial charge in [-0.25, -0.2) is 0 Å². The van der Waals surface area contributed by atoms with E-state index in [1.54, 1.807) is 0 Å². The summed E-state index contributed by atoms with van der Waals surface area (Å²) in [6.45, 7) is 6.91. The van der Waals surface area contributed by atoms with Gasteiger partial charge >= 0.3 is 0 Å². The van der Waals surface area contributed by atoms with Crippen molar-refractivity contribution in [3.05, 3.63) is 48.6 Å². The van der Waals surface area contributed by atoms with Crippen LogP contribution >= 0.6 is 0 Å². The summed E-state index contributed by atoms with van der Waals surface area (Å²) in [6, 6.07) is -1.33. The number of hydrogen-bond donors (Lipinski definition) is 4. The first-order valence-corrected chi connectivity index (χ1v) is 21.8. The van der Waals surface area contributed by atoms with Gasteiger partial charge in [0.2, 0.25) is 11.8 Å². The molecule has 0 aromatic carbocycles. The predicted molar refractivity (Wildman–Crippen MR) is 227 cm³/mol. The summed E-state index contributed by atoms with van der Waals surface area (Å²) >= 11 is 0. The number of carbonyl (C=O) groups is 2. The summed E-state index contributed by atoms with van der Waals surface area (Å²) in [4.78, 5) is 27.8. The van der Waals surface area contributed by atoms with E-state index in [1.165, 1.54) is 103 Å². The largest absolute Gasteiger partial charge is 0.353 e. The van der Waals surface area contributed by atoms with Crippen molar-refractivity contribution in [2.75, 3.05) is 33.2 Å². The number of carbonyl (C=O) groups excluding carboxylic acids is 2. The Bertz CT molecular complexity index is 867. The van der Waals surface area contributed by atoms with E-state index in [4.69, 9.17) is 11.5 Å². The Balaban J connectivity index is 4.44. The molecule has 0 aliphatic carbocycles. The zero-order valence-corrected chi connectivity index (χ0v) is 34.4. The predicted octanol–water partition coefficient (Wildman–Crippen LogP) is 10.2. The molecular formula is C45H85N5O2. The van der Waals surface area contributed by atoms with Crippen LogP contribution in [0, 0.1) is 0 Å². The zero-order chi connectivity index (χ0) is 38.2. The number of allylic oxidation sites excluding steroid dienone is 8. The Labute approximate surface area is 322 Å². The van der Waals surface area contributed by atoms with Crippen LogP contribution in [-0.2, 0) is 9.59 Å². The SMILES string of the molecule is CCCCC/C=C\C/C=C\CCCCCCCCN(CCCCCCCC/C=C\C/C=C\CCCCC)C(=O)[C@@H](N)CNC(=O)[C@@H](N)CCCNC. The highest BCUT2D eigenvalue weighted by Gasteiger charge is 2.22. The van der Waals surface area contributed by atoms with Gasteiger partial charge in [0.25, 0.3) is 0 Å². The molecule has 0 aliphatic rings. The van der Waals surface area contributed by atoms with Crippen molar-refractivity contribution in [3.8, 4) is 0 Å². The second-order valence-electron chi connectivity index (χ2n) is 14.7. The number of unbranched alkanes of at least 4 members (excludes halogenated alkanes) is 18. The van der Waals surface area contributed by atoms with Gasteiger partial charge in [0, 0.05) is 19.6 Å². The molecule has 0 bridgehead atoms. The van der Waals surface area contributed by atoms with E-state index >= 15 is 0 Å².